The van der Waals surface area contributed by atoms with Crippen LogP contribution in [0.3, 0.4) is 0 Å². The Balaban J connectivity index is 0.000000392. The monoisotopic (exact) mass is 511 g/mol. The Morgan fingerprint density at radius 3 is 2.39 bits per heavy atom. The fourth-order valence-electron chi connectivity index (χ4n) is 3.44. The summed E-state index contributed by atoms with van der Waals surface area (Å²) in [6.45, 7) is 2.74. The number of hydrogen-bond acceptors (Lipinski definition) is 7. The number of likely N-dealkylation sites (N-methyl/N-ethyl adjacent to an activating group) is 1. The van der Waals surface area contributed by atoms with Crippen LogP contribution >= 0.6 is 11.8 Å². The molecule has 1 amide bonds. The molecule has 4 rings (SSSR count). The fourth-order valence-corrected chi connectivity index (χ4v) is 4.60. The molecule has 2 unspecified atom stereocenters. The maximum atomic E-state index is 12.7. The van der Waals surface area contributed by atoms with Crippen LogP contribution in [0.2, 0.25) is 0 Å². The molecule has 36 heavy (non-hydrogen) atoms. The first-order valence-corrected chi connectivity index (χ1v) is 12.3. The maximum absolute atomic E-state index is 12.7. The number of ether oxygens (including phenoxy) is 1. The largest absolute Gasteiger partial charge is 0.492 e. The van der Waals surface area contributed by atoms with Crippen LogP contribution in [0, 0.1) is 5.92 Å². The van der Waals surface area contributed by atoms with Gasteiger partial charge >= 0.3 is 11.9 Å². The van der Waals surface area contributed by atoms with Gasteiger partial charge in [-0.3, -0.25) is 4.79 Å². The van der Waals surface area contributed by atoms with Crippen LogP contribution < -0.4 is 9.75 Å². The van der Waals surface area contributed by atoms with E-state index in [2.05, 4.69) is 24.0 Å². The molecule has 0 saturated carbocycles. The van der Waals surface area contributed by atoms with Crippen LogP contribution in [-0.2, 0) is 14.4 Å². The van der Waals surface area contributed by atoms with E-state index in [0.717, 1.165) is 28.5 Å². The number of hydrogen-bond donors (Lipinski definition) is 2. The standard InChI is InChI=1S/C22H25N3O2S.C4H4O4/c1-15(24(2)3)13-27-18-10-8-17(9-11-18)25-21(26)12-16-14-28-20-7-5-4-6-19(20)22(16)23-25;5-3(6)1-2-4(7)8/h4-11,15-16H,12-14H2,1-3H3;1-2H,(H,5,6)(H,7,8). The molecule has 0 fully saturated rings. The average molecular weight is 512 g/mol. The van der Waals surface area contributed by atoms with Gasteiger partial charge in [0, 0.05) is 46.7 Å². The van der Waals surface area contributed by atoms with E-state index in [1.165, 1.54) is 4.90 Å². The Morgan fingerprint density at radius 1 is 1.14 bits per heavy atom. The van der Waals surface area contributed by atoms with E-state index < -0.39 is 11.9 Å². The number of hydrazone groups is 1. The van der Waals surface area contributed by atoms with Crippen molar-refractivity contribution in [3.63, 3.8) is 0 Å². The van der Waals surface area contributed by atoms with Gasteiger partial charge in [-0.1, -0.05) is 18.2 Å². The molecular weight excluding hydrogens is 482 g/mol. The van der Waals surface area contributed by atoms with Crippen LogP contribution in [0.15, 0.2) is 70.7 Å². The number of nitrogens with zero attached hydrogens (tertiary/aromatic N) is 3. The van der Waals surface area contributed by atoms with Crippen molar-refractivity contribution in [1.82, 2.24) is 4.90 Å². The number of fused-ring (bicyclic) bond motifs is 3. The number of carboxylic acid groups (broad SMARTS) is 2. The quantitative estimate of drug-likeness (QED) is 0.541. The van der Waals surface area contributed by atoms with E-state index in [9.17, 15) is 14.4 Å². The van der Waals surface area contributed by atoms with Crippen molar-refractivity contribution in [3.8, 4) is 5.75 Å². The molecule has 2 atom stereocenters. The van der Waals surface area contributed by atoms with Gasteiger partial charge in [0.25, 0.3) is 0 Å². The summed E-state index contributed by atoms with van der Waals surface area (Å²) in [5.74, 6) is -0.569. The molecule has 190 valence electrons. The first-order chi connectivity index (χ1) is 17.2. The van der Waals surface area contributed by atoms with Crippen molar-refractivity contribution in [2.75, 3.05) is 31.5 Å². The lowest BCUT2D eigenvalue weighted by Crippen LogP contribution is -2.39. The molecule has 9 nitrogen and oxygen atoms in total. The summed E-state index contributed by atoms with van der Waals surface area (Å²) in [5.41, 5.74) is 2.95. The second-order valence-electron chi connectivity index (χ2n) is 8.53. The number of thioether (sulfide) groups is 1. The van der Waals surface area contributed by atoms with E-state index >= 15 is 0 Å². The number of carbonyl (C=O) groups excluding carboxylic acids is 1. The molecule has 0 spiro atoms. The molecule has 0 aliphatic carbocycles. The predicted octanol–water partition coefficient (Wildman–Crippen LogP) is 3.59. The summed E-state index contributed by atoms with van der Waals surface area (Å²) in [6.07, 6.45) is 1.61. The van der Waals surface area contributed by atoms with Gasteiger partial charge in [0.2, 0.25) is 5.91 Å². The molecule has 0 bridgehead atoms. The summed E-state index contributed by atoms with van der Waals surface area (Å²) in [5, 5.41) is 21.9. The fraction of sp³-hybridized carbons (Fsp3) is 0.308. The molecule has 0 saturated heterocycles. The predicted molar refractivity (Wildman–Crippen MR) is 139 cm³/mol. The zero-order valence-corrected chi connectivity index (χ0v) is 21.1. The number of anilines is 1. The summed E-state index contributed by atoms with van der Waals surface area (Å²) in [6, 6.07) is 16.3. The van der Waals surface area contributed by atoms with Gasteiger partial charge in [-0.15, -0.1) is 11.8 Å². The summed E-state index contributed by atoms with van der Waals surface area (Å²) in [7, 11) is 4.07. The molecule has 2 N–H and O–H groups in total. The summed E-state index contributed by atoms with van der Waals surface area (Å²) < 4.78 is 5.85. The number of carbonyl (C=O) groups is 3. The van der Waals surface area contributed by atoms with Crippen molar-refractivity contribution >= 4 is 41.0 Å². The normalized spacial score (nSPS) is 17.4. The number of rotatable bonds is 7. The molecule has 0 aromatic heterocycles. The third-order valence-electron chi connectivity index (χ3n) is 5.68. The Morgan fingerprint density at radius 2 is 1.78 bits per heavy atom. The highest BCUT2D eigenvalue weighted by Crippen LogP contribution is 2.37. The van der Waals surface area contributed by atoms with Crippen molar-refractivity contribution in [2.24, 2.45) is 11.0 Å². The SMILES string of the molecule is CC(COc1ccc(N2N=C3c4ccccc4SCC3CC2=O)cc1)N(C)C.O=C(O)C=CC(=O)O. The number of carboxylic acids is 2. The van der Waals surface area contributed by atoms with Crippen molar-refractivity contribution < 1.29 is 29.3 Å². The molecular formula is C26H29N3O6S. The third-order valence-corrected chi connectivity index (χ3v) is 6.91. The zero-order chi connectivity index (χ0) is 26.2. The molecule has 0 radical (unpaired) electrons. The molecule has 2 aromatic carbocycles. The lowest BCUT2D eigenvalue weighted by molar-refractivity contribution is -0.134. The van der Waals surface area contributed by atoms with E-state index in [-0.39, 0.29) is 11.8 Å². The van der Waals surface area contributed by atoms with E-state index in [4.69, 9.17) is 20.1 Å². The highest BCUT2D eigenvalue weighted by Gasteiger charge is 2.34. The van der Waals surface area contributed by atoms with Crippen LogP contribution in [0.4, 0.5) is 5.69 Å². The number of amides is 1. The second-order valence-corrected chi connectivity index (χ2v) is 9.59. The Hall–Kier alpha value is -3.63. The smallest absolute Gasteiger partial charge is 0.328 e. The number of benzene rings is 2. The van der Waals surface area contributed by atoms with Crippen molar-refractivity contribution in [3.05, 3.63) is 66.2 Å². The minimum Gasteiger partial charge on any atom is -0.492 e. The van der Waals surface area contributed by atoms with Gasteiger partial charge in [-0.25, -0.2) is 14.6 Å². The first-order valence-electron chi connectivity index (χ1n) is 11.3. The highest BCUT2D eigenvalue weighted by atomic mass is 32.2. The van der Waals surface area contributed by atoms with Gasteiger partial charge < -0.3 is 19.8 Å². The minimum absolute atomic E-state index is 0.0450. The van der Waals surface area contributed by atoms with Crippen LogP contribution in [0.25, 0.3) is 0 Å². The Labute approximate surface area is 214 Å². The average Bonchev–Trinajstić information content (AvgIpc) is 2.86. The van der Waals surface area contributed by atoms with E-state index in [1.54, 1.807) is 5.01 Å². The van der Waals surface area contributed by atoms with Crippen molar-refractivity contribution in [2.45, 2.75) is 24.3 Å². The maximum Gasteiger partial charge on any atom is 0.328 e. The lowest BCUT2D eigenvalue weighted by Gasteiger charge is -2.33. The molecule has 10 heteroatoms. The highest BCUT2D eigenvalue weighted by molar-refractivity contribution is 7.99. The molecule has 2 aliphatic rings. The molecule has 2 aliphatic heterocycles. The van der Waals surface area contributed by atoms with Crippen LogP contribution in [0.5, 0.6) is 5.75 Å². The summed E-state index contributed by atoms with van der Waals surface area (Å²) >= 11 is 1.81. The molecule has 2 heterocycles. The zero-order valence-electron chi connectivity index (χ0n) is 20.3. The summed E-state index contributed by atoms with van der Waals surface area (Å²) in [4.78, 5) is 35.2. The Bertz CT molecular complexity index is 1150. The topological polar surface area (TPSA) is 120 Å². The lowest BCUT2D eigenvalue weighted by atomic mass is 9.93. The van der Waals surface area contributed by atoms with E-state index in [0.29, 0.717) is 31.2 Å². The van der Waals surface area contributed by atoms with E-state index in [1.807, 2.05) is 62.3 Å². The first kappa shape index (κ1) is 27.0. The minimum atomic E-state index is -1.26. The Kier molecular flexibility index (Phi) is 9.26. The van der Waals surface area contributed by atoms with Gasteiger partial charge in [0.1, 0.15) is 12.4 Å². The van der Waals surface area contributed by atoms with Gasteiger partial charge in [-0.05, 0) is 51.4 Å². The van der Waals surface area contributed by atoms with Gasteiger partial charge in [-0.2, -0.15) is 5.10 Å². The van der Waals surface area contributed by atoms with Gasteiger partial charge in [0.05, 0.1) is 11.4 Å². The molecule has 2 aromatic rings. The van der Waals surface area contributed by atoms with Crippen LogP contribution in [-0.4, -0.2) is 71.2 Å². The van der Waals surface area contributed by atoms with Crippen molar-refractivity contribution in [1.29, 1.82) is 0 Å². The van der Waals surface area contributed by atoms with Crippen LogP contribution in [0.1, 0.15) is 18.9 Å². The number of aliphatic carboxylic acids is 2. The van der Waals surface area contributed by atoms with Gasteiger partial charge in [0.15, 0.2) is 0 Å². The third kappa shape index (κ3) is 7.19. The second kappa shape index (κ2) is 12.4.